The lowest BCUT2D eigenvalue weighted by molar-refractivity contribution is -0.127. The third-order valence-corrected chi connectivity index (χ3v) is 4.54. The molecule has 1 unspecified atom stereocenters. The average Bonchev–Trinajstić information content (AvgIpc) is 3.26. The molecule has 1 aromatic heterocycles. The van der Waals surface area contributed by atoms with E-state index in [2.05, 4.69) is 15.7 Å². The predicted molar refractivity (Wildman–Crippen MR) is 120 cm³/mol. The SMILES string of the molecule is CC(C)CC(=O)NC(C(=O)Nc1cccc(OCCn2cccn2)c1)c1ccccc1. The summed E-state index contributed by atoms with van der Waals surface area (Å²) in [6, 6.07) is 17.5. The van der Waals surface area contributed by atoms with Crippen LogP contribution in [0.5, 0.6) is 5.75 Å². The number of carbonyl (C=O) groups excluding carboxylic acids is 2. The summed E-state index contributed by atoms with van der Waals surface area (Å²) in [7, 11) is 0. The van der Waals surface area contributed by atoms with Crippen LogP contribution in [0.15, 0.2) is 73.1 Å². The van der Waals surface area contributed by atoms with Crippen molar-refractivity contribution in [2.24, 2.45) is 5.92 Å². The third kappa shape index (κ3) is 6.99. The Morgan fingerprint density at radius 1 is 1.06 bits per heavy atom. The van der Waals surface area contributed by atoms with E-state index < -0.39 is 6.04 Å². The van der Waals surface area contributed by atoms with Crippen molar-refractivity contribution in [1.29, 1.82) is 0 Å². The third-order valence-electron chi connectivity index (χ3n) is 4.54. The first kappa shape index (κ1) is 22.1. The van der Waals surface area contributed by atoms with Crippen LogP contribution in [0.2, 0.25) is 0 Å². The minimum absolute atomic E-state index is 0.158. The van der Waals surface area contributed by atoms with Crippen LogP contribution in [0.3, 0.4) is 0 Å². The molecule has 0 aliphatic heterocycles. The van der Waals surface area contributed by atoms with Gasteiger partial charge in [-0.2, -0.15) is 5.10 Å². The first-order valence-corrected chi connectivity index (χ1v) is 10.4. The van der Waals surface area contributed by atoms with Gasteiger partial charge in [0.1, 0.15) is 18.4 Å². The summed E-state index contributed by atoms with van der Waals surface area (Å²) in [6.07, 6.45) is 3.95. The van der Waals surface area contributed by atoms with Gasteiger partial charge in [0.15, 0.2) is 0 Å². The molecule has 0 radical (unpaired) electrons. The maximum atomic E-state index is 13.0. The summed E-state index contributed by atoms with van der Waals surface area (Å²) >= 11 is 0. The van der Waals surface area contributed by atoms with Crippen molar-refractivity contribution < 1.29 is 14.3 Å². The molecule has 0 aliphatic rings. The van der Waals surface area contributed by atoms with Crippen molar-refractivity contribution >= 4 is 17.5 Å². The van der Waals surface area contributed by atoms with Crippen molar-refractivity contribution in [3.8, 4) is 5.75 Å². The number of aromatic nitrogens is 2. The largest absolute Gasteiger partial charge is 0.492 e. The maximum absolute atomic E-state index is 13.0. The molecule has 2 amide bonds. The van der Waals surface area contributed by atoms with E-state index in [0.29, 0.717) is 31.0 Å². The fourth-order valence-corrected chi connectivity index (χ4v) is 3.10. The van der Waals surface area contributed by atoms with E-state index >= 15 is 0 Å². The van der Waals surface area contributed by atoms with Crippen molar-refractivity contribution in [3.63, 3.8) is 0 Å². The Bertz CT molecular complexity index is 972. The molecule has 0 bridgehead atoms. The van der Waals surface area contributed by atoms with Crippen molar-refractivity contribution in [2.75, 3.05) is 11.9 Å². The molecule has 1 atom stereocenters. The number of rotatable bonds is 10. The van der Waals surface area contributed by atoms with Gasteiger partial charge in [-0.3, -0.25) is 14.3 Å². The van der Waals surface area contributed by atoms with Gasteiger partial charge in [0.2, 0.25) is 5.91 Å². The molecule has 162 valence electrons. The van der Waals surface area contributed by atoms with Crippen LogP contribution in [-0.2, 0) is 16.1 Å². The van der Waals surface area contributed by atoms with Crippen LogP contribution < -0.4 is 15.4 Å². The first-order valence-electron chi connectivity index (χ1n) is 10.4. The molecule has 7 heteroatoms. The summed E-state index contributed by atoms with van der Waals surface area (Å²) in [5.74, 6) is 0.381. The van der Waals surface area contributed by atoms with Gasteiger partial charge < -0.3 is 15.4 Å². The van der Waals surface area contributed by atoms with Gasteiger partial charge in [0.05, 0.1) is 6.54 Å². The lowest BCUT2D eigenvalue weighted by Crippen LogP contribution is -2.37. The molecule has 3 aromatic rings. The Labute approximate surface area is 182 Å². The molecule has 0 spiro atoms. The van der Waals surface area contributed by atoms with Crippen LogP contribution in [0.4, 0.5) is 5.69 Å². The highest BCUT2D eigenvalue weighted by Crippen LogP contribution is 2.20. The lowest BCUT2D eigenvalue weighted by atomic mass is 10.0. The number of anilines is 1. The second-order valence-corrected chi connectivity index (χ2v) is 7.64. The number of hydrogen-bond acceptors (Lipinski definition) is 4. The summed E-state index contributed by atoms with van der Waals surface area (Å²) in [5, 5.41) is 9.89. The fourth-order valence-electron chi connectivity index (χ4n) is 3.10. The monoisotopic (exact) mass is 420 g/mol. The van der Waals surface area contributed by atoms with Crippen molar-refractivity contribution in [2.45, 2.75) is 32.9 Å². The molecule has 0 saturated carbocycles. The Morgan fingerprint density at radius 2 is 1.87 bits per heavy atom. The highest BCUT2D eigenvalue weighted by molar-refractivity contribution is 5.98. The zero-order chi connectivity index (χ0) is 22.1. The lowest BCUT2D eigenvalue weighted by Gasteiger charge is -2.20. The fraction of sp³-hybridized carbons (Fsp3) is 0.292. The molecular formula is C24H28N4O3. The maximum Gasteiger partial charge on any atom is 0.251 e. The van der Waals surface area contributed by atoms with Gasteiger partial charge in [0.25, 0.3) is 5.91 Å². The van der Waals surface area contributed by atoms with Crippen LogP contribution in [0.1, 0.15) is 31.9 Å². The zero-order valence-electron chi connectivity index (χ0n) is 17.8. The number of hydrogen-bond donors (Lipinski definition) is 2. The Morgan fingerprint density at radius 3 is 2.58 bits per heavy atom. The number of nitrogens with one attached hydrogen (secondary N) is 2. The minimum atomic E-state index is -0.781. The topological polar surface area (TPSA) is 85.3 Å². The van der Waals surface area contributed by atoms with E-state index in [9.17, 15) is 9.59 Å². The molecule has 2 aromatic carbocycles. The Balaban J connectivity index is 1.65. The Hall–Kier alpha value is -3.61. The van der Waals surface area contributed by atoms with E-state index in [-0.39, 0.29) is 17.7 Å². The van der Waals surface area contributed by atoms with Gasteiger partial charge in [-0.05, 0) is 29.7 Å². The number of amides is 2. The highest BCUT2D eigenvalue weighted by atomic mass is 16.5. The molecule has 0 fully saturated rings. The van der Waals surface area contributed by atoms with Crippen molar-refractivity contribution in [3.05, 3.63) is 78.6 Å². The predicted octanol–water partition coefficient (Wildman–Crippen LogP) is 3.80. The molecule has 3 rings (SSSR count). The number of benzene rings is 2. The molecule has 1 heterocycles. The van der Waals surface area contributed by atoms with Gasteiger partial charge in [0, 0.05) is 30.6 Å². The summed E-state index contributed by atoms with van der Waals surface area (Å²) < 4.78 is 7.56. The quantitative estimate of drug-likeness (QED) is 0.522. The van der Waals surface area contributed by atoms with E-state index in [1.54, 1.807) is 23.0 Å². The van der Waals surface area contributed by atoms with E-state index in [1.807, 2.05) is 68.6 Å². The zero-order valence-corrected chi connectivity index (χ0v) is 17.8. The summed E-state index contributed by atoms with van der Waals surface area (Å²) in [6.45, 7) is 5.02. The summed E-state index contributed by atoms with van der Waals surface area (Å²) in [4.78, 5) is 25.4. The number of carbonyl (C=O) groups is 2. The molecule has 31 heavy (non-hydrogen) atoms. The van der Waals surface area contributed by atoms with E-state index in [0.717, 1.165) is 5.56 Å². The standard InChI is InChI=1S/C24H28N4O3/c1-18(2)16-22(29)27-23(19-8-4-3-5-9-19)24(30)26-20-10-6-11-21(17-20)31-15-14-28-13-7-12-25-28/h3-13,17-18,23H,14-16H2,1-2H3,(H,26,30)(H,27,29). The van der Waals surface area contributed by atoms with Crippen LogP contribution in [-0.4, -0.2) is 28.2 Å². The normalized spacial score (nSPS) is 11.7. The highest BCUT2D eigenvalue weighted by Gasteiger charge is 2.23. The van der Waals surface area contributed by atoms with Gasteiger partial charge in [-0.1, -0.05) is 50.2 Å². The van der Waals surface area contributed by atoms with Crippen LogP contribution in [0, 0.1) is 5.92 Å². The van der Waals surface area contributed by atoms with Gasteiger partial charge in [-0.15, -0.1) is 0 Å². The Kier molecular flexibility index (Phi) is 7.81. The molecular weight excluding hydrogens is 392 g/mol. The van der Waals surface area contributed by atoms with Crippen LogP contribution in [0.25, 0.3) is 0 Å². The van der Waals surface area contributed by atoms with Crippen LogP contribution >= 0.6 is 0 Å². The van der Waals surface area contributed by atoms with Crippen molar-refractivity contribution in [1.82, 2.24) is 15.1 Å². The smallest absolute Gasteiger partial charge is 0.251 e. The number of nitrogens with zero attached hydrogens (tertiary/aromatic N) is 2. The van der Waals surface area contributed by atoms with E-state index in [4.69, 9.17) is 4.74 Å². The second-order valence-electron chi connectivity index (χ2n) is 7.64. The minimum Gasteiger partial charge on any atom is -0.492 e. The second kappa shape index (κ2) is 11.0. The first-order chi connectivity index (χ1) is 15.0. The van der Waals surface area contributed by atoms with Gasteiger partial charge >= 0.3 is 0 Å². The average molecular weight is 421 g/mol. The molecule has 0 saturated heterocycles. The molecule has 2 N–H and O–H groups in total. The number of ether oxygens (including phenoxy) is 1. The summed E-state index contributed by atoms with van der Waals surface area (Å²) in [5.41, 5.74) is 1.32. The molecule has 7 nitrogen and oxygen atoms in total. The van der Waals surface area contributed by atoms with E-state index in [1.165, 1.54) is 0 Å². The van der Waals surface area contributed by atoms with Gasteiger partial charge in [-0.25, -0.2) is 0 Å². The molecule has 0 aliphatic carbocycles.